The molecule has 0 aliphatic heterocycles. The van der Waals surface area contributed by atoms with E-state index in [2.05, 4.69) is 20.6 Å². The molecule has 98 valence electrons. The van der Waals surface area contributed by atoms with Crippen molar-refractivity contribution in [3.63, 3.8) is 0 Å². The Balaban J connectivity index is 2.08. The maximum absolute atomic E-state index is 12.1. The van der Waals surface area contributed by atoms with Crippen LogP contribution in [0.3, 0.4) is 0 Å². The molecule has 0 aliphatic carbocycles. The Morgan fingerprint density at radius 3 is 2.63 bits per heavy atom. The van der Waals surface area contributed by atoms with E-state index in [1.54, 1.807) is 31.6 Å². The molecule has 0 spiro atoms. The van der Waals surface area contributed by atoms with Crippen molar-refractivity contribution in [2.75, 3.05) is 12.4 Å². The SMILES string of the molecule is CNc1cccc(C(=O)NC(C)c2ccncc2)n1. The van der Waals surface area contributed by atoms with Crippen LogP contribution in [0.2, 0.25) is 0 Å². The molecule has 2 heterocycles. The first-order valence-electron chi connectivity index (χ1n) is 6.06. The Labute approximate surface area is 112 Å². The molecule has 1 atom stereocenters. The van der Waals surface area contributed by atoms with Gasteiger partial charge in [-0.3, -0.25) is 9.78 Å². The lowest BCUT2D eigenvalue weighted by Crippen LogP contribution is -2.27. The maximum Gasteiger partial charge on any atom is 0.270 e. The minimum Gasteiger partial charge on any atom is -0.373 e. The van der Waals surface area contributed by atoms with Crippen LogP contribution < -0.4 is 10.6 Å². The summed E-state index contributed by atoms with van der Waals surface area (Å²) in [7, 11) is 1.77. The van der Waals surface area contributed by atoms with Gasteiger partial charge in [0.15, 0.2) is 0 Å². The van der Waals surface area contributed by atoms with Gasteiger partial charge < -0.3 is 10.6 Å². The summed E-state index contributed by atoms with van der Waals surface area (Å²) < 4.78 is 0. The first-order valence-corrected chi connectivity index (χ1v) is 6.06. The smallest absolute Gasteiger partial charge is 0.270 e. The number of hydrogen-bond donors (Lipinski definition) is 2. The quantitative estimate of drug-likeness (QED) is 0.878. The number of carbonyl (C=O) groups is 1. The van der Waals surface area contributed by atoms with Gasteiger partial charge in [-0.1, -0.05) is 6.07 Å². The van der Waals surface area contributed by atoms with Crippen molar-refractivity contribution in [1.82, 2.24) is 15.3 Å². The van der Waals surface area contributed by atoms with Gasteiger partial charge in [-0.25, -0.2) is 4.98 Å². The van der Waals surface area contributed by atoms with E-state index in [9.17, 15) is 4.79 Å². The molecular weight excluding hydrogens is 240 g/mol. The molecule has 0 bridgehead atoms. The van der Waals surface area contributed by atoms with Gasteiger partial charge in [0, 0.05) is 19.4 Å². The van der Waals surface area contributed by atoms with Crippen molar-refractivity contribution in [2.24, 2.45) is 0 Å². The number of aromatic nitrogens is 2. The van der Waals surface area contributed by atoms with Gasteiger partial charge in [0.05, 0.1) is 6.04 Å². The second kappa shape index (κ2) is 5.95. The summed E-state index contributed by atoms with van der Waals surface area (Å²) in [5.74, 6) is 0.477. The van der Waals surface area contributed by atoms with Gasteiger partial charge in [-0.15, -0.1) is 0 Å². The lowest BCUT2D eigenvalue weighted by atomic mass is 10.1. The number of amides is 1. The molecule has 0 saturated heterocycles. The third-order valence-electron chi connectivity index (χ3n) is 2.79. The number of nitrogens with zero attached hydrogens (tertiary/aromatic N) is 2. The molecule has 5 nitrogen and oxygen atoms in total. The van der Waals surface area contributed by atoms with Crippen LogP contribution in [-0.4, -0.2) is 22.9 Å². The molecule has 1 unspecified atom stereocenters. The van der Waals surface area contributed by atoms with E-state index in [4.69, 9.17) is 0 Å². The zero-order valence-electron chi connectivity index (χ0n) is 10.9. The van der Waals surface area contributed by atoms with Crippen LogP contribution >= 0.6 is 0 Å². The lowest BCUT2D eigenvalue weighted by Gasteiger charge is -2.14. The Bertz CT molecular complexity index is 556. The fraction of sp³-hybridized carbons (Fsp3) is 0.214. The molecule has 1 amide bonds. The molecule has 5 heteroatoms. The second-order valence-corrected chi connectivity index (χ2v) is 4.13. The van der Waals surface area contributed by atoms with Crippen LogP contribution in [0.25, 0.3) is 0 Å². The van der Waals surface area contributed by atoms with Crippen LogP contribution in [0, 0.1) is 0 Å². The van der Waals surface area contributed by atoms with Crippen LogP contribution in [0.5, 0.6) is 0 Å². The summed E-state index contributed by atoms with van der Waals surface area (Å²) in [5, 5.41) is 5.81. The van der Waals surface area contributed by atoms with Gasteiger partial charge in [0.2, 0.25) is 0 Å². The number of anilines is 1. The molecule has 2 N–H and O–H groups in total. The van der Waals surface area contributed by atoms with Gasteiger partial charge >= 0.3 is 0 Å². The number of hydrogen-bond acceptors (Lipinski definition) is 4. The van der Waals surface area contributed by atoms with E-state index in [0.717, 1.165) is 5.56 Å². The zero-order chi connectivity index (χ0) is 13.7. The normalized spacial score (nSPS) is 11.7. The number of nitrogens with one attached hydrogen (secondary N) is 2. The van der Waals surface area contributed by atoms with Crippen molar-refractivity contribution >= 4 is 11.7 Å². The van der Waals surface area contributed by atoms with Gasteiger partial charge in [-0.2, -0.15) is 0 Å². The van der Waals surface area contributed by atoms with Crippen molar-refractivity contribution < 1.29 is 4.79 Å². The van der Waals surface area contributed by atoms with Crippen molar-refractivity contribution in [2.45, 2.75) is 13.0 Å². The van der Waals surface area contributed by atoms with Gasteiger partial charge in [-0.05, 0) is 36.8 Å². The van der Waals surface area contributed by atoms with E-state index < -0.39 is 0 Å². The Hall–Kier alpha value is -2.43. The zero-order valence-corrected chi connectivity index (χ0v) is 10.9. The van der Waals surface area contributed by atoms with Crippen LogP contribution in [0.15, 0.2) is 42.7 Å². The summed E-state index contributed by atoms with van der Waals surface area (Å²) >= 11 is 0. The molecule has 0 aromatic carbocycles. The van der Waals surface area contributed by atoms with Gasteiger partial charge in [0.1, 0.15) is 11.5 Å². The number of rotatable bonds is 4. The molecule has 2 aromatic heterocycles. The summed E-state index contributed by atoms with van der Waals surface area (Å²) in [4.78, 5) is 20.2. The standard InChI is InChI=1S/C14H16N4O/c1-10(11-6-8-16-9-7-11)17-14(19)12-4-3-5-13(15-2)18-12/h3-10H,1-2H3,(H,15,18)(H,17,19). The number of pyridine rings is 2. The lowest BCUT2D eigenvalue weighted by molar-refractivity contribution is 0.0935. The third-order valence-corrected chi connectivity index (χ3v) is 2.79. The van der Waals surface area contributed by atoms with E-state index in [1.807, 2.05) is 25.1 Å². The largest absolute Gasteiger partial charge is 0.373 e. The predicted molar refractivity (Wildman–Crippen MR) is 73.9 cm³/mol. The van der Waals surface area contributed by atoms with Crippen LogP contribution in [0.4, 0.5) is 5.82 Å². The molecule has 0 radical (unpaired) electrons. The minimum atomic E-state index is -0.193. The molecule has 19 heavy (non-hydrogen) atoms. The van der Waals surface area contributed by atoms with Crippen LogP contribution in [0.1, 0.15) is 29.0 Å². The van der Waals surface area contributed by atoms with Crippen molar-refractivity contribution in [3.8, 4) is 0 Å². The number of carbonyl (C=O) groups excluding carboxylic acids is 1. The minimum absolute atomic E-state index is 0.0875. The molecule has 2 rings (SSSR count). The van der Waals surface area contributed by atoms with E-state index >= 15 is 0 Å². The Kier molecular flexibility index (Phi) is 4.07. The topological polar surface area (TPSA) is 66.9 Å². The summed E-state index contributed by atoms with van der Waals surface area (Å²) in [6, 6.07) is 8.96. The molecular formula is C14H16N4O. The van der Waals surface area contributed by atoms with E-state index in [0.29, 0.717) is 11.5 Å². The first kappa shape index (κ1) is 13.0. The average Bonchev–Trinajstić information content (AvgIpc) is 2.48. The van der Waals surface area contributed by atoms with Crippen molar-refractivity contribution in [3.05, 3.63) is 54.0 Å². The highest BCUT2D eigenvalue weighted by atomic mass is 16.1. The van der Waals surface area contributed by atoms with Gasteiger partial charge in [0.25, 0.3) is 5.91 Å². The molecule has 2 aromatic rings. The fourth-order valence-electron chi connectivity index (χ4n) is 1.71. The molecule has 0 saturated carbocycles. The highest BCUT2D eigenvalue weighted by Crippen LogP contribution is 2.11. The van der Waals surface area contributed by atoms with E-state index in [1.165, 1.54) is 0 Å². The second-order valence-electron chi connectivity index (χ2n) is 4.13. The summed E-state index contributed by atoms with van der Waals surface area (Å²) in [6.07, 6.45) is 3.41. The molecule has 0 fully saturated rings. The van der Waals surface area contributed by atoms with Crippen molar-refractivity contribution in [1.29, 1.82) is 0 Å². The Morgan fingerprint density at radius 2 is 1.95 bits per heavy atom. The monoisotopic (exact) mass is 256 g/mol. The highest BCUT2D eigenvalue weighted by molar-refractivity contribution is 5.92. The maximum atomic E-state index is 12.1. The summed E-state index contributed by atoms with van der Waals surface area (Å²) in [6.45, 7) is 1.93. The van der Waals surface area contributed by atoms with E-state index in [-0.39, 0.29) is 11.9 Å². The third kappa shape index (κ3) is 3.28. The molecule has 0 aliphatic rings. The predicted octanol–water partition coefficient (Wildman–Crippen LogP) is 2.01. The fourth-order valence-corrected chi connectivity index (χ4v) is 1.71. The summed E-state index contributed by atoms with van der Waals surface area (Å²) in [5.41, 5.74) is 1.40. The highest BCUT2D eigenvalue weighted by Gasteiger charge is 2.12. The Morgan fingerprint density at radius 1 is 1.21 bits per heavy atom. The first-order chi connectivity index (χ1) is 9.20. The van der Waals surface area contributed by atoms with Crippen LogP contribution in [-0.2, 0) is 0 Å². The average molecular weight is 256 g/mol.